The normalized spacial score (nSPS) is 10.3. The maximum Gasteiger partial charge on any atom is 0.267 e. The number of carbonyl (C=O) groups excluding carboxylic acids is 2. The Kier molecular flexibility index (Phi) is 4.37. The molecule has 0 aliphatic heterocycles. The van der Waals surface area contributed by atoms with Gasteiger partial charge in [-0.1, -0.05) is 6.07 Å². The summed E-state index contributed by atoms with van der Waals surface area (Å²) in [5.41, 5.74) is 1.85. The van der Waals surface area contributed by atoms with Gasteiger partial charge in [-0.2, -0.15) is 0 Å². The summed E-state index contributed by atoms with van der Waals surface area (Å²) in [4.78, 5) is 30.5. The van der Waals surface area contributed by atoms with Crippen molar-refractivity contribution in [2.75, 3.05) is 19.4 Å². The predicted molar refractivity (Wildman–Crippen MR) is 84.0 cm³/mol. The van der Waals surface area contributed by atoms with E-state index in [1.54, 1.807) is 38.4 Å². The molecule has 2 aromatic rings. The Hall–Kier alpha value is -2.21. The minimum atomic E-state index is -0.201. The average Bonchev–Trinajstić information content (AvgIpc) is 2.77. The Balaban J connectivity index is 2.20. The van der Waals surface area contributed by atoms with Gasteiger partial charge in [0, 0.05) is 25.3 Å². The lowest BCUT2D eigenvalue weighted by molar-refractivity contribution is 0.0827. The molecular weight excluding hydrogens is 286 g/mol. The molecule has 0 fully saturated rings. The molecule has 0 unspecified atom stereocenters. The third-order valence-electron chi connectivity index (χ3n) is 2.88. The van der Waals surface area contributed by atoms with E-state index in [4.69, 9.17) is 0 Å². The standard InChI is InChI=1S/C15H17N3O2S/c1-9-13(21-10(2)16-9)14(19)17-12-7-5-6-11(8-12)15(20)18(3)4/h5-8H,1-4H3,(H,17,19). The Labute approximate surface area is 127 Å². The summed E-state index contributed by atoms with van der Waals surface area (Å²) in [6.45, 7) is 3.68. The van der Waals surface area contributed by atoms with E-state index in [1.807, 2.05) is 13.8 Å². The topological polar surface area (TPSA) is 62.3 Å². The number of anilines is 1. The number of aryl methyl sites for hydroxylation is 2. The number of amides is 2. The number of aromatic nitrogens is 1. The van der Waals surface area contributed by atoms with Crippen LogP contribution in [0.25, 0.3) is 0 Å². The van der Waals surface area contributed by atoms with Gasteiger partial charge in [0.1, 0.15) is 4.88 Å². The van der Waals surface area contributed by atoms with E-state index in [2.05, 4.69) is 10.3 Å². The van der Waals surface area contributed by atoms with Crippen LogP contribution < -0.4 is 5.32 Å². The Morgan fingerprint density at radius 1 is 1.24 bits per heavy atom. The van der Waals surface area contributed by atoms with Gasteiger partial charge in [0.15, 0.2) is 0 Å². The van der Waals surface area contributed by atoms with Gasteiger partial charge in [0.2, 0.25) is 0 Å². The van der Waals surface area contributed by atoms with Crippen LogP contribution in [-0.4, -0.2) is 35.8 Å². The second-order valence-electron chi connectivity index (χ2n) is 4.88. The lowest BCUT2D eigenvalue weighted by atomic mass is 10.2. The highest BCUT2D eigenvalue weighted by molar-refractivity contribution is 7.13. The Morgan fingerprint density at radius 2 is 1.95 bits per heavy atom. The average molecular weight is 303 g/mol. The summed E-state index contributed by atoms with van der Waals surface area (Å²) in [6.07, 6.45) is 0. The quantitative estimate of drug-likeness (QED) is 0.948. The van der Waals surface area contributed by atoms with Gasteiger partial charge in [0.05, 0.1) is 10.7 Å². The maximum absolute atomic E-state index is 12.2. The van der Waals surface area contributed by atoms with Crippen molar-refractivity contribution < 1.29 is 9.59 Å². The Morgan fingerprint density at radius 3 is 2.52 bits per heavy atom. The zero-order chi connectivity index (χ0) is 15.6. The molecular formula is C15H17N3O2S. The first-order valence-corrected chi connectivity index (χ1v) is 7.27. The molecule has 110 valence electrons. The second-order valence-corrected chi connectivity index (χ2v) is 6.09. The largest absolute Gasteiger partial charge is 0.345 e. The van der Waals surface area contributed by atoms with Crippen molar-refractivity contribution in [3.8, 4) is 0 Å². The molecule has 0 saturated carbocycles. The van der Waals surface area contributed by atoms with Gasteiger partial charge in [-0.3, -0.25) is 9.59 Å². The van der Waals surface area contributed by atoms with Crippen LogP contribution in [0.2, 0.25) is 0 Å². The molecule has 0 bridgehead atoms. The monoisotopic (exact) mass is 303 g/mol. The fourth-order valence-corrected chi connectivity index (χ4v) is 2.73. The van der Waals surface area contributed by atoms with E-state index < -0.39 is 0 Å². The first kappa shape index (κ1) is 15.2. The van der Waals surface area contributed by atoms with Crippen LogP contribution in [0.15, 0.2) is 24.3 Å². The van der Waals surface area contributed by atoms with E-state index in [1.165, 1.54) is 16.2 Å². The van der Waals surface area contributed by atoms with Crippen LogP contribution in [0.3, 0.4) is 0 Å². The van der Waals surface area contributed by atoms with Gasteiger partial charge in [-0.25, -0.2) is 4.98 Å². The number of carbonyl (C=O) groups is 2. The SMILES string of the molecule is Cc1nc(C)c(C(=O)Nc2cccc(C(=O)N(C)C)c2)s1. The summed E-state index contributed by atoms with van der Waals surface area (Å²) >= 11 is 1.36. The van der Waals surface area contributed by atoms with Crippen LogP contribution in [0, 0.1) is 13.8 Å². The van der Waals surface area contributed by atoms with Crippen LogP contribution in [0.4, 0.5) is 5.69 Å². The second kappa shape index (κ2) is 6.05. The molecule has 6 heteroatoms. The summed E-state index contributed by atoms with van der Waals surface area (Å²) in [6, 6.07) is 6.90. The van der Waals surface area contributed by atoms with Crippen LogP contribution in [-0.2, 0) is 0 Å². The highest BCUT2D eigenvalue weighted by atomic mass is 32.1. The number of benzene rings is 1. The fourth-order valence-electron chi connectivity index (χ4n) is 1.92. The van der Waals surface area contributed by atoms with Crippen molar-refractivity contribution in [1.29, 1.82) is 0 Å². The minimum Gasteiger partial charge on any atom is -0.345 e. The number of hydrogen-bond donors (Lipinski definition) is 1. The van der Waals surface area contributed by atoms with E-state index in [0.717, 1.165) is 10.7 Å². The number of nitrogens with zero attached hydrogens (tertiary/aromatic N) is 2. The van der Waals surface area contributed by atoms with Crippen LogP contribution >= 0.6 is 11.3 Å². The van der Waals surface area contributed by atoms with E-state index in [9.17, 15) is 9.59 Å². The van der Waals surface area contributed by atoms with Gasteiger partial charge >= 0.3 is 0 Å². The van der Waals surface area contributed by atoms with E-state index in [0.29, 0.717) is 16.1 Å². The molecule has 0 saturated heterocycles. The van der Waals surface area contributed by atoms with Crippen LogP contribution in [0.1, 0.15) is 30.7 Å². The lowest BCUT2D eigenvalue weighted by Crippen LogP contribution is -2.21. The molecule has 1 aromatic heterocycles. The third kappa shape index (κ3) is 3.46. The van der Waals surface area contributed by atoms with E-state index in [-0.39, 0.29) is 11.8 Å². The first-order valence-electron chi connectivity index (χ1n) is 6.45. The predicted octanol–water partition coefficient (Wildman–Crippen LogP) is 2.71. The zero-order valence-electron chi connectivity index (χ0n) is 12.4. The van der Waals surface area contributed by atoms with Gasteiger partial charge in [0.25, 0.3) is 11.8 Å². The zero-order valence-corrected chi connectivity index (χ0v) is 13.2. The fraction of sp³-hybridized carbons (Fsp3) is 0.267. The molecule has 21 heavy (non-hydrogen) atoms. The first-order chi connectivity index (χ1) is 9.88. The molecule has 5 nitrogen and oxygen atoms in total. The summed E-state index contributed by atoms with van der Waals surface area (Å²) in [7, 11) is 3.38. The number of nitrogens with one attached hydrogen (secondary N) is 1. The summed E-state index contributed by atoms with van der Waals surface area (Å²) in [5.74, 6) is -0.302. The molecule has 1 aromatic carbocycles. The smallest absolute Gasteiger partial charge is 0.267 e. The molecule has 2 rings (SSSR count). The molecule has 1 heterocycles. The number of rotatable bonds is 3. The molecule has 0 radical (unpaired) electrons. The highest BCUT2D eigenvalue weighted by Crippen LogP contribution is 2.19. The van der Waals surface area contributed by atoms with Gasteiger partial charge in [-0.05, 0) is 32.0 Å². The molecule has 2 amide bonds. The number of thiazole rings is 1. The van der Waals surface area contributed by atoms with E-state index >= 15 is 0 Å². The highest BCUT2D eigenvalue weighted by Gasteiger charge is 2.15. The third-order valence-corrected chi connectivity index (χ3v) is 3.95. The van der Waals surface area contributed by atoms with Crippen molar-refractivity contribution in [2.45, 2.75) is 13.8 Å². The lowest BCUT2D eigenvalue weighted by Gasteiger charge is -2.11. The van der Waals surface area contributed by atoms with Gasteiger partial charge in [-0.15, -0.1) is 11.3 Å². The minimum absolute atomic E-state index is 0.101. The van der Waals surface area contributed by atoms with Crippen molar-refractivity contribution in [3.63, 3.8) is 0 Å². The molecule has 0 atom stereocenters. The van der Waals surface area contributed by atoms with Gasteiger partial charge < -0.3 is 10.2 Å². The van der Waals surface area contributed by atoms with Crippen molar-refractivity contribution in [3.05, 3.63) is 45.4 Å². The molecule has 0 spiro atoms. The summed E-state index contributed by atoms with van der Waals surface area (Å²) in [5, 5.41) is 3.66. The molecule has 0 aliphatic rings. The van der Waals surface area contributed by atoms with Crippen molar-refractivity contribution in [1.82, 2.24) is 9.88 Å². The maximum atomic E-state index is 12.2. The van der Waals surface area contributed by atoms with Crippen LogP contribution in [0.5, 0.6) is 0 Å². The Bertz CT molecular complexity index is 692. The van der Waals surface area contributed by atoms with Crippen molar-refractivity contribution in [2.24, 2.45) is 0 Å². The summed E-state index contributed by atoms with van der Waals surface area (Å²) < 4.78 is 0. The molecule has 0 aliphatic carbocycles. The molecule has 1 N–H and O–H groups in total. The van der Waals surface area contributed by atoms with Crippen molar-refractivity contribution >= 4 is 28.8 Å². The number of hydrogen-bond acceptors (Lipinski definition) is 4.